The number of rotatable bonds is 4. The lowest BCUT2D eigenvalue weighted by Crippen LogP contribution is -2.48. The molecule has 3 aliphatic heterocycles. The lowest BCUT2D eigenvalue weighted by atomic mass is 9.84. The van der Waals surface area contributed by atoms with Crippen molar-refractivity contribution in [3.8, 4) is 0 Å². The van der Waals surface area contributed by atoms with Gasteiger partial charge in [0.25, 0.3) is 0 Å². The van der Waals surface area contributed by atoms with Crippen LogP contribution in [0.4, 0.5) is 9.18 Å². The summed E-state index contributed by atoms with van der Waals surface area (Å²) in [5, 5.41) is 3.44. The van der Waals surface area contributed by atoms with E-state index >= 15 is 0 Å². The minimum absolute atomic E-state index is 0.0271. The molecule has 0 spiro atoms. The molecule has 2 amide bonds. The average Bonchev–Trinajstić information content (AvgIpc) is 3.31. The Morgan fingerprint density at radius 2 is 2.09 bits per heavy atom. The standard InChI is InChI=1S/C22H27ClFN5O3S/c1-14-12-29(33(31,32)16-7-9-28(13-16)22(30)25-2)10-8-17(14)21-18(23)4-6-20(27-21)19-5-3-15(24)11-26-19/h3,5-6,11,14,16-17,27H,2,4,7-10,12-13H2,1H3/t14-,16?,17+/m0/s1. The predicted octanol–water partition coefficient (Wildman–Crippen LogP) is 3.19. The van der Waals surface area contributed by atoms with E-state index in [0.29, 0.717) is 49.6 Å². The second kappa shape index (κ2) is 9.52. The highest BCUT2D eigenvalue weighted by molar-refractivity contribution is 7.89. The molecular formula is C22H27ClFN5O3S. The minimum atomic E-state index is -3.54. The number of urea groups is 1. The fourth-order valence-corrected chi connectivity index (χ4v) is 7.05. The molecule has 2 fully saturated rings. The molecule has 0 aliphatic carbocycles. The molecule has 33 heavy (non-hydrogen) atoms. The van der Waals surface area contributed by atoms with Gasteiger partial charge in [-0.05, 0) is 37.6 Å². The van der Waals surface area contributed by atoms with Gasteiger partial charge in [-0.1, -0.05) is 24.6 Å². The molecule has 0 bridgehead atoms. The summed E-state index contributed by atoms with van der Waals surface area (Å²) in [5.41, 5.74) is 2.27. The molecule has 1 N–H and O–H groups in total. The Labute approximate surface area is 198 Å². The van der Waals surface area contributed by atoms with Crippen LogP contribution in [-0.2, 0) is 10.0 Å². The summed E-state index contributed by atoms with van der Waals surface area (Å²) in [5.74, 6) is -0.319. The first-order chi connectivity index (χ1) is 15.7. The number of halogens is 2. The van der Waals surface area contributed by atoms with Crippen LogP contribution in [0, 0.1) is 17.7 Å². The van der Waals surface area contributed by atoms with Crippen molar-refractivity contribution in [2.24, 2.45) is 16.8 Å². The van der Waals surface area contributed by atoms with Crippen LogP contribution in [0.25, 0.3) is 5.70 Å². The fraction of sp³-hybridized carbons (Fsp3) is 0.500. The van der Waals surface area contributed by atoms with Crippen molar-refractivity contribution in [2.45, 2.75) is 31.4 Å². The number of aromatic nitrogens is 1. The summed E-state index contributed by atoms with van der Waals surface area (Å²) in [6.45, 7) is 6.52. The molecule has 3 atom stereocenters. The molecule has 4 rings (SSSR count). The van der Waals surface area contributed by atoms with E-state index in [1.807, 2.05) is 13.0 Å². The van der Waals surface area contributed by atoms with E-state index in [4.69, 9.17) is 11.6 Å². The second-order valence-corrected chi connectivity index (χ2v) is 11.4. The van der Waals surface area contributed by atoms with Gasteiger partial charge in [0.1, 0.15) is 5.82 Å². The summed E-state index contributed by atoms with van der Waals surface area (Å²) in [4.78, 5) is 20.7. The number of pyridine rings is 1. The van der Waals surface area contributed by atoms with E-state index in [-0.39, 0.29) is 18.4 Å². The number of allylic oxidation sites excluding steroid dienone is 3. The van der Waals surface area contributed by atoms with Crippen LogP contribution >= 0.6 is 11.6 Å². The highest BCUT2D eigenvalue weighted by Crippen LogP contribution is 2.37. The van der Waals surface area contributed by atoms with E-state index in [0.717, 1.165) is 11.4 Å². The zero-order chi connectivity index (χ0) is 23.8. The van der Waals surface area contributed by atoms with Gasteiger partial charge in [0.15, 0.2) is 0 Å². The maximum atomic E-state index is 13.2. The number of carbonyl (C=O) groups is 1. The number of likely N-dealkylation sites (tertiary alicyclic amines) is 1. The van der Waals surface area contributed by atoms with Crippen LogP contribution in [0.3, 0.4) is 0 Å². The molecule has 1 aromatic heterocycles. The zero-order valence-electron chi connectivity index (χ0n) is 18.4. The molecule has 0 saturated carbocycles. The van der Waals surface area contributed by atoms with Crippen LogP contribution in [0.1, 0.15) is 31.9 Å². The first-order valence-electron chi connectivity index (χ1n) is 10.9. The van der Waals surface area contributed by atoms with Gasteiger partial charge >= 0.3 is 6.03 Å². The van der Waals surface area contributed by atoms with Gasteiger partial charge in [-0.15, -0.1) is 0 Å². The SMILES string of the molecule is C=NC(=O)N1CCC(S(=O)(=O)N2CC[C@@H](C3=C(Cl)CC=C(c4ccc(F)cn4)N3)[C@@H](C)C2)C1. The van der Waals surface area contributed by atoms with E-state index in [9.17, 15) is 17.6 Å². The third kappa shape index (κ3) is 4.83. The van der Waals surface area contributed by atoms with E-state index in [2.05, 4.69) is 22.0 Å². The average molecular weight is 496 g/mol. The smallest absolute Gasteiger partial charge is 0.342 e. The number of sulfonamides is 1. The summed E-state index contributed by atoms with van der Waals surface area (Å²) in [6.07, 6.45) is 4.64. The van der Waals surface area contributed by atoms with Crippen LogP contribution < -0.4 is 5.32 Å². The Morgan fingerprint density at radius 3 is 2.76 bits per heavy atom. The van der Waals surface area contributed by atoms with Crippen molar-refractivity contribution >= 4 is 40.1 Å². The molecule has 0 aromatic carbocycles. The van der Waals surface area contributed by atoms with Gasteiger partial charge in [-0.25, -0.2) is 26.9 Å². The first kappa shape index (κ1) is 23.8. The van der Waals surface area contributed by atoms with Gasteiger partial charge in [-0.2, -0.15) is 0 Å². The van der Waals surface area contributed by atoms with Gasteiger partial charge in [0.05, 0.1) is 22.8 Å². The van der Waals surface area contributed by atoms with Crippen molar-refractivity contribution in [3.05, 3.63) is 46.6 Å². The first-order valence-corrected chi connectivity index (χ1v) is 12.8. The second-order valence-electron chi connectivity index (χ2n) is 8.70. The van der Waals surface area contributed by atoms with Gasteiger partial charge in [-0.3, -0.25) is 4.98 Å². The number of carbonyl (C=O) groups excluding carboxylic acids is 1. The number of dihydropyridines is 1. The number of piperidine rings is 1. The quantitative estimate of drug-likeness (QED) is 0.647. The lowest BCUT2D eigenvalue weighted by Gasteiger charge is -2.39. The van der Waals surface area contributed by atoms with Crippen molar-refractivity contribution in [1.29, 1.82) is 0 Å². The summed E-state index contributed by atoms with van der Waals surface area (Å²) in [7, 11) is -3.54. The van der Waals surface area contributed by atoms with Crippen molar-refractivity contribution in [2.75, 3.05) is 26.2 Å². The normalized spacial score (nSPS) is 26.7. The third-order valence-corrected chi connectivity index (χ3v) is 9.26. The molecule has 0 radical (unpaired) electrons. The number of hydrogen-bond acceptors (Lipinski definition) is 5. The highest BCUT2D eigenvalue weighted by Gasteiger charge is 2.42. The van der Waals surface area contributed by atoms with Crippen LogP contribution in [-0.4, -0.2) is 66.8 Å². The van der Waals surface area contributed by atoms with Crippen LogP contribution in [0.2, 0.25) is 0 Å². The Kier molecular flexibility index (Phi) is 6.88. The Balaban J connectivity index is 1.43. The summed E-state index contributed by atoms with van der Waals surface area (Å²) in [6, 6.07) is 2.49. The number of nitrogens with zero attached hydrogens (tertiary/aromatic N) is 4. The van der Waals surface area contributed by atoms with Gasteiger partial charge in [0, 0.05) is 49.2 Å². The number of hydrogen-bond donors (Lipinski definition) is 1. The number of nitrogens with one attached hydrogen (secondary N) is 1. The van der Waals surface area contributed by atoms with E-state index in [1.54, 1.807) is 10.4 Å². The molecule has 1 unspecified atom stereocenters. The topological polar surface area (TPSA) is 95.0 Å². The molecule has 11 heteroatoms. The maximum Gasteiger partial charge on any atom is 0.342 e. The van der Waals surface area contributed by atoms with Gasteiger partial charge in [0.2, 0.25) is 10.0 Å². The number of amides is 2. The zero-order valence-corrected chi connectivity index (χ0v) is 19.9. The third-order valence-electron chi connectivity index (χ3n) is 6.62. The van der Waals surface area contributed by atoms with E-state index in [1.165, 1.54) is 17.2 Å². The van der Waals surface area contributed by atoms with Crippen molar-refractivity contribution in [3.63, 3.8) is 0 Å². The Hall–Kier alpha value is -2.30. The van der Waals surface area contributed by atoms with Crippen molar-refractivity contribution in [1.82, 2.24) is 19.5 Å². The molecule has 1 aromatic rings. The minimum Gasteiger partial charge on any atom is -0.356 e. The monoisotopic (exact) mass is 495 g/mol. The molecule has 8 nitrogen and oxygen atoms in total. The molecule has 3 aliphatic rings. The maximum absolute atomic E-state index is 13.2. The largest absolute Gasteiger partial charge is 0.356 e. The molecule has 4 heterocycles. The Morgan fingerprint density at radius 1 is 1.30 bits per heavy atom. The summed E-state index contributed by atoms with van der Waals surface area (Å²) < 4.78 is 41.3. The van der Waals surface area contributed by atoms with E-state index < -0.39 is 27.1 Å². The highest BCUT2D eigenvalue weighted by atomic mass is 35.5. The molecule has 178 valence electrons. The van der Waals surface area contributed by atoms with Crippen molar-refractivity contribution < 1.29 is 17.6 Å². The molecule has 2 saturated heterocycles. The van der Waals surface area contributed by atoms with Crippen LogP contribution in [0.5, 0.6) is 0 Å². The lowest BCUT2D eigenvalue weighted by molar-refractivity contribution is 0.215. The summed E-state index contributed by atoms with van der Waals surface area (Å²) >= 11 is 6.56. The van der Waals surface area contributed by atoms with Crippen LogP contribution in [0.15, 0.2) is 40.1 Å². The Bertz CT molecular complexity index is 1110. The number of aliphatic imine (C=N–C) groups is 1. The van der Waals surface area contributed by atoms with Gasteiger partial charge < -0.3 is 10.2 Å². The predicted molar refractivity (Wildman–Crippen MR) is 125 cm³/mol. The molecular weight excluding hydrogens is 469 g/mol. The fourth-order valence-electron chi connectivity index (χ4n) is 4.79.